The zero-order valence-corrected chi connectivity index (χ0v) is 11.0. The van der Waals surface area contributed by atoms with E-state index in [1.54, 1.807) is 24.9 Å². The largest absolute Gasteiger partial charge is 0.417 e. The number of rotatable bonds is 4. The predicted molar refractivity (Wildman–Crippen MR) is 71.8 cm³/mol. The number of likely N-dealkylation sites (N-methyl/N-ethyl adjacent to an activating group) is 1. The van der Waals surface area contributed by atoms with Crippen LogP contribution in [0.25, 0.3) is 11.1 Å². The number of hydrogen-bond donors (Lipinski definition) is 2. The van der Waals surface area contributed by atoms with E-state index in [0.717, 1.165) is 5.56 Å². The summed E-state index contributed by atoms with van der Waals surface area (Å²) in [6, 6.07) is 4.99. The lowest BCUT2D eigenvalue weighted by molar-refractivity contribution is -0.130. The summed E-state index contributed by atoms with van der Waals surface area (Å²) in [6.07, 6.45) is 0.693. The number of carbonyl (C=O) groups is 1. The third kappa shape index (κ3) is 3.03. The van der Waals surface area contributed by atoms with Crippen molar-refractivity contribution in [1.29, 1.82) is 0 Å². The van der Waals surface area contributed by atoms with Gasteiger partial charge in [0.25, 0.3) is 0 Å². The molecule has 6 nitrogen and oxygen atoms in total. The number of carbonyl (C=O) groups excluding carboxylic acids is 1. The van der Waals surface area contributed by atoms with Crippen molar-refractivity contribution in [2.45, 2.75) is 19.4 Å². The number of nitrogens with two attached hydrogens (primary N) is 1. The molecular formula is C13H17N3O3. The van der Waals surface area contributed by atoms with E-state index in [1.807, 2.05) is 12.1 Å². The van der Waals surface area contributed by atoms with Crippen molar-refractivity contribution in [2.75, 3.05) is 13.6 Å². The van der Waals surface area contributed by atoms with Crippen LogP contribution in [0.1, 0.15) is 12.5 Å². The minimum atomic E-state index is -0.488. The Kier molecular flexibility index (Phi) is 3.71. The standard InChI is InChI=1S/C13H17N3O3/c1-8(14)12(17)16(2)6-5-9-3-4-11-10(7-9)15-13(18)19-11/h3-4,7-8H,5-6,14H2,1-2H3,(H,15,18). The fraction of sp³-hybridized carbons (Fsp3) is 0.385. The fourth-order valence-corrected chi connectivity index (χ4v) is 1.91. The Hall–Kier alpha value is -2.08. The first-order chi connectivity index (χ1) is 8.97. The zero-order chi connectivity index (χ0) is 14.0. The first-order valence-electron chi connectivity index (χ1n) is 6.09. The Morgan fingerprint density at radius 3 is 2.95 bits per heavy atom. The summed E-state index contributed by atoms with van der Waals surface area (Å²) < 4.78 is 4.93. The minimum absolute atomic E-state index is 0.0854. The van der Waals surface area contributed by atoms with E-state index >= 15 is 0 Å². The number of H-pyrrole nitrogens is 1. The Labute approximate surface area is 110 Å². The number of amides is 1. The molecule has 3 N–H and O–H groups in total. The molecule has 0 aliphatic rings. The van der Waals surface area contributed by atoms with Crippen LogP contribution in [0.2, 0.25) is 0 Å². The highest BCUT2D eigenvalue weighted by molar-refractivity contribution is 5.81. The molecule has 6 heteroatoms. The minimum Gasteiger partial charge on any atom is -0.408 e. The number of nitrogens with zero attached hydrogens (tertiary/aromatic N) is 1. The van der Waals surface area contributed by atoms with Crippen molar-refractivity contribution in [3.05, 3.63) is 34.3 Å². The number of oxazole rings is 1. The van der Waals surface area contributed by atoms with Crippen LogP contribution in [0, 0.1) is 0 Å². The molecule has 102 valence electrons. The van der Waals surface area contributed by atoms with Gasteiger partial charge < -0.3 is 15.1 Å². The van der Waals surface area contributed by atoms with Crippen LogP contribution in [0.3, 0.4) is 0 Å². The maximum Gasteiger partial charge on any atom is 0.417 e. The summed E-state index contributed by atoms with van der Waals surface area (Å²) >= 11 is 0. The molecule has 1 aromatic heterocycles. The van der Waals surface area contributed by atoms with Gasteiger partial charge in [0.05, 0.1) is 11.6 Å². The van der Waals surface area contributed by atoms with Crippen LogP contribution < -0.4 is 11.5 Å². The Balaban J connectivity index is 2.05. The van der Waals surface area contributed by atoms with Gasteiger partial charge in [-0.25, -0.2) is 4.79 Å². The van der Waals surface area contributed by atoms with E-state index in [1.165, 1.54) is 0 Å². The van der Waals surface area contributed by atoms with Crippen molar-refractivity contribution in [2.24, 2.45) is 5.73 Å². The van der Waals surface area contributed by atoms with Crippen LogP contribution in [0.4, 0.5) is 0 Å². The lowest BCUT2D eigenvalue weighted by Gasteiger charge is -2.19. The summed E-state index contributed by atoms with van der Waals surface area (Å²) in [7, 11) is 1.73. The maximum atomic E-state index is 11.6. The molecule has 1 aromatic carbocycles. The van der Waals surface area contributed by atoms with Crippen LogP contribution >= 0.6 is 0 Å². The summed E-state index contributed by atoms with van der Waals surface area (Å²) in [5.41, 5.74) is 7.77. The number of hydrogen-bond acceptors (Lipinski definition) is 4. The molecule has 0 aliphatic carbocycles. The molecule has 0 fully saturated rings. The van der Waals surface area contributed by atoms with Crippen LogP contribution in [-0.4, -0.2) is 35.4 Å². The molecule has 1 amide bonds. The summed E-state index contributed by atoms with van der Waals surface area (Å²) in [4.78, 5) is 26.9. The van der Waals surface area contributed by atoms with Gasteiger partial charge in [-0.1, -0.05) is 6.07 Å². The normalized spacial score (nSPS) is 12.6. The summed E-state index contributed by atoms with van der Waals surface area (Å²) in [6.45, 7) is 2.25. The zero-order valence-electron chi connectivity index (χ0n) is 11.0. The second kappa shape index (κ2) is 5.27. The third-order valence-corrected chi connectivity index (χ3v) is 2.99. The predicted octanol–water partition coefficient (Wildman–Crippen LogP) is 0.469. The van der Waals surface area contributed by atoms with E-state index in [-0.39, 0.29) is 5.91 Å². The van der Waals surface area contributed by atoms with E-state index in [0.29, 0.717) is 24.1 Å². The Bertz CT molecular complexity index is 642. The average molecular weight is 263 g/mol. The molecule has 0 spiro atoms. The van der Waals surface area contributed by atoms with Crippen molar-refractivity contribution in [3.63, 3.8) is 0 Å². The van der Waals surface area contributed by atoms with E-state index in [9.17, 15) is 9.59 Å². The molecule has 1 heterocycles. The topological polar surface area (TPSA) is 92.3 Å². The van der Waals surface area contributed by atoms with Gasteiger partial charge in [-0.2, -0.15) is 0 Å². The quantitative estimate of drug-likeness (QED) is 0.838. The van der Waals surface area contributed by atoms with Gasteiger partial charge in [-0.3, -0.25) is 9.78 Å². The maximum absolute atomic E-state index is 11.6. The van der Waals surface area contributed by atoms with Gasteiger partial charge in [0.1, 0.15) is 0 Å². The molecule has 1 atom stereocenters. The fourth-order valence-electron chi connectivity index (χ4n) is 1.91. The van der Waals surface area contributed by atoms with Crippen molar-refractivity contribution in [1.82, 2.24) is 9.88 Å². The van der Waals surface area contributed by atoms with Gasteiger partial charge in [-0.05, 0) is 31.0 Å². The van der Waals surface area contributed by atoms with Gasteiger partial charge in [0.2, 0.25) is 5.91 Å². The van der Waals surface area contributed by atoms with Crippen LogP contribution in [0.5, 0.6) is 0 Å². The first-order valence-corrected chi connectivity index (χ1v) is 6.09. The second-order valence-electron chi connectivity index (χ2n) is 4.64. The summed E-state index contributed by atoms with van der Waals surface area (Å²) in [5, 5.41) is 0. The monoisotopic (exact) mass is 263 g/mol. The number of aromatic amines is 1. The van der Waals surface area contributed by atoms with Gasteiger partial charge in [-0.15, -0.1) is 0 Å². The lowest BCUT2D eigenvalue weighted by Crippen LogP contribution is -2.40. The van der Waals surface area contributed by atoms with Crippen LogP contribution in [0.15, 0.2) is 27.4 Å². The van der Waals surface area contributed by atoms with Crippen LogP contribution in [-0.2, 0) is 11.2 Å². The molecule has 0 saturated heterocycles. The molecule has 0 saturated carbocycles. The van der Waals surface area contributed by atoms with Gasteiger partial charge >= 0.3 is 5.76 Å². The number of fused-ring (bicyclic) bond motifs is 1. The SMILES string of the molecule is CC(N)C(=O)N(C)CCc1ccc2oc(=O)[nH]c2c1. The molecule has 0 radical (unpaired) electrons. The van der Waals surface area contributed by atoms with Gasteiger partial charge in [0, 0.05) is 13.6 Å². The second-order valence-corrected chi connectivity index (χ2v) is 4.64. The highest BCUT2D eigenvalue weighted by atomic mass is 16.4. The average Bonchev–Trinajstić information content (AvgIpc) is 2.74. The number of aromatic nitrogens is 1. The number of nitrogens with one attached hydrogen (secondary N) is 1. The van der Waals surface area contributed by atoms with E-state index in [4.69, 9.17) is 10.2 Å². The van der Waals surface area contributed by atoms with Crippen molar-refractivity contribution < 1.29 is 9.21 Å². The lowest BCUT2D eigenvalue weighted by atomic mass is 10.1. The number of benzene rings is 1. The van der Waals surface area contributed by atoms with Crippen molar-refractivity contribution in [3.8, 4) is 0 Å². The third-order valence-electron chi connectivity index (χ3n) is 2.99. The summed E-state index contributed by atoms with van der Waals surface area (Å²) in [5.74, 6) is -0.547. The van der Waals surface area contributed by atoms with Gasteiger partial charge in [0.15, 0.2) is 5.58 Å². The molecule has 0 aliphatic heterocycles. The smallest absolute Gasteiger partial charge is 0.408 e. The molecular weight excluding hydrogens is 246 g/mol. The molecule has 2 aromatic rings. The van der Waals surface area contributed by atoms with E-state index in [2.05, 4.69) is 4.98 Å². The Morgan fingerprint density at radius 2 is 2.26 bits per heavy atom. The molecule has 0 bridgehead atoms. The van der Waals surface area contributed by atoms with Crippen molar-refractivity contribution >= 4 is 17.0 Å². The molecule has 2 rings (SSSR count). The van der Waals surface area contributed by atoms with E-state index < -0.39 is 11.8 Å². The first kappa shape index (κ1) is 13.4. The Morgan fingerprint density at radius 1 is 1.53 bits per heavy atom. The molecule has 1 unspecified atom stereocenters. The molecule has 19 heavy (non-hydrogen) atoms. The highest BCUT2D eigenvalue weighted by Crippen LogP contribution is 2.12. The highest BCUT2D eigenvalue weighted by Gasteiger charge is 2.13.